The number of carboxylic acid groups (broad SMARTS) is 1. The maximum absolute atomic E-state index is 12.3. The minimum atomic E-state index is -1.04. The lowest BCUT2D eigenvalue weighted by Gasteiger charge is -2.20. The van der Waals surface area contributed by atoms with E-state index >= 15 is 0 Å². The monoisotopic (exact) mass is 278 g/mol. The molecule has 110 valence electrons. The van der Waals surface area contributed by atoms with E-state index in [2.05, 4.69) is 24.1 Å². The number of aromatic nitrogens is 1. The van der Waals surface area contributed by atoms with Gasteiger partial charge in [-0.15, -0.1) is 0 Å². The molecule has 0 atom stereocenters. The Balaban J connectivity index is 2.12. The van der Waals surface area contributed by atoms with Gasteiger partial charge in [-0.3, -0.25) is 4.79 Å². The normalized spacial score (nSPS) is 16.2. The number of rotatable bonds is 5. The summed E-state index contributed by atoms with van der Waals surface area (Å²) in [5.41, 5.74) is 1.90. The quantitative estimate of drug-likeness (QED) is 0.774. The van der Waals surface area contributed by atoms with Crippen LogP contribution in [0.1, 0.15) is 58.8 Å². The summed E-state index contributed by atoms with van der Waals surface area (Å²) in [5.74, 6) is -0.674. The third-order valence-corrected chi connectivity index (χ3v) is 4.60. The summed E-state index contributed by atoms with van der Waals surface area (Å²) in [6, 6.07) is 0. The van der Waals surface area contributed by atoms with Crippen molar-refractivity contribution >= 4 is 11.9 Å². The van der Waals surface area contributed by atoms with Crippen LogP contribution >= 0.6 is 0 Å². The minimum absolute atomic E-state index is 0.0950. The maximum atomic E-state index is 12.3. The van der Waals surface area contributed by atoms with Crippen LogP contribution in [0.25, 0.3) is 0 Å². The molecule has 5 nitrogen and oxygen atoms in total. The van der Waals surface area contributed by atoms with E-state index in [1.54, 1.807) is 13.8 Å². The number of carbonyl (C=O) groups is 2. The van der Waals surface area contributed by atoms with Gasteiger partial charge in [-0.1, -0.05) is 13.8 Å². The number of aromatic amines is 1. The fourth-order valence-corrected chi connectivity index (χ4v) is 2.77. The van der Waals surface area contributed by atoms with Gasteiger partial charge >= 0.3 is 5.97 Å². The second kappa shape index (κ2) is 4.96. The lowest BCUT2D eigenvalue weighted by Crippen LogP contribution is -2.33. The van der Waals surface area contributed by atoms with E-state index in [1.165, 1.54) is 0 Å². The molecule has 1 aliphatic rings. The summed E-state index contributed by atoms with van der Waals surface area (Å²) in [5, 5.41) is 12.0. The van der Waals surface area contributed by atoms with Gasteiger partial charge in [0.25, 0.3) is 5.91 Å². The molecule has 3 N–H and O–H groups in total. The molecule has 1 aromatic heterocycles. The van der Waals surface area contributed by atoms with Crippen molar-refractivity contribution in [2.75, 3.05) is 6.54 Å². The molecule has 1 aromatic rings. The number of nitrogens with one attached hydrogen (secondary N) is 2. The van der Waals surface area contributed by atoms with Gasteiger partial charge in [-0.2, -0.15) is 0 Å². The zero-order valence-electron chi connectivity index (χ0n) is 12.5. The number of carboxylic acids is 1. The Hall–Kier alpha value is -1.78. The van der Waals surface area contributed by atoms with Crippen LogP contribution in [0.5, 0.6) is 0 Å². The predicted octanol–water partition coefficient (Wildman–Crippen LogP) is 2.50. The van der Waals surface area contributed by atoms with E-state index in [0.29, 0.717) is 29.3 Å². The standard InChI is InChI=1S/C15H22N2O3/c1-8(2)15(5-6-15)7-16-13(18)11-9(3)12(14(19)20)17-10(11)4/h8,17H,5-7H2,1-4H3,(H,16,18)(H,19,20). The summed E-state index contributed by atoms with van der Waals surface area (Å²) < 4.78 is 0. The molecule has 0 aliphatic heterocycles. The van der Waals surface area contributed by atoms with Crippen LogP contribution in [0.2, 0.25) is 0 Å². The van der Waals surface area contributed by atoms with E-state index in [-0.39, 0.29) is 17.0 Å². The average Bonchev–Trinajstić information content (AvgIpc) is 3.08. The zero-order valence-corrected chi connectivity index (χ0v) is 12.5. The first kappa shape index (κ1) is 14.6. The number of H-pyrrole nitrogens is 1. The second-order valence-corrected chi connectivity index (χ2v) is 6.13. The topological polar surface area (TPSA) is 82.2 Å². The molecule has 20 heavy (non-hydrogen) atoms. The molecule has 5 heteroatoms. The number of hydrogen-bond acceptors (Lipinski definition) is 2. The Morgan fingerprint density at radius 3 is 2.35 bits per heavy atom. The fourth-order valence-electron chi connectivity index (χ4n) is 2.77. The highest BCUT2D eigenvalue weighted by atomic mass is 16.4. The molecule has 1 heterocycles. The van der Waals surface area contributed by atoms with E-state index in [9.17, 15) is 9.59 Å². The van der Waals surface area contributed by atoms with Crippen LogP contribution in [0.4, 0.5) is 0 Å². The van der Waals surface area contributed by atoms with Crippen molar-refractivity contribution in [3.63, 3.8) is 0 Å². The van der Waals surface area contributed by atoms with Gasteiger partial charge in [-0.25, -0.2) is 4.79 Å². The zero-order chi connectivity index (χ0) is 15.1. The third-order valence-electron chi connectivity index (χ3n) is 4.60. The van der Waals surface area contributed by atoms with Crippen molar-refractivity contribution in [3.05, 3.63) is 22.5 Å². The van der Waals surface area contributed by atoms with Crippen molar-refractivity contribution in [3.8, 4) is 0 Å². The first-order chi connectivity index (χ1) is 9.28. The van der Waals surface area contributed by atoms with Gasteiger partial charge in [0.15, 0.2) is 0 Å². The molecule has 0 spiro atoms. The number of carbonyl (C=O) groups excluding carboxylic acids is 1. The van der Waals surface area contributed by atoms with Crippen LogP contribution in [0, 0.1) is 25.2 Å². The summed E-state index contributed by atoms with van der Waals surface area (Å²) in [6.45, 7) is 8.40. The average molecular weight is 278 g/mol. The van der Waals surface area contributed by atoms with Crippen molar-refractivity contribution in [1.29, 1.82) is 0 Å². The Kier molecular flexibility index (Phi) is 3.63. The summed E-state index contributed by atoms with van der Waals surface area (Å²) in [6.07, 6.45) is 2.30. The van der Waals surface area contributed by atoms with Gasteiger partial charge in [0.1, 0.15) is 5.69 Å². The molecular formula is C15H22N2O3. The van der Waals surface area contributed by atoms with Crippen LogP contribution in [0.15, 0.2) is 0 Å². The fraction of sp³-hybridized carbons (Fsp3) is 0.600. The number of aromatic carboxylic acids is 1. The summed E-state index contributed by atoms with van der Waals surface area (Å²) >= 11 is 0. The molecule has 0 unspecified atom stereocenters. The van der Waals surface area contributed by atoms with Gasteiger partial charge < -0.3 is 15.4 Å². The van der Waals surface area contributed by atoms with Crippen molar-refractivity contribution in [2.24, 2.45) is 11.3 Å². The smallest absolute Gasteiger partial charge is 0.352 e. The van der Waals surface area contributed by atoms with E-state index < -0.39 is 5.97 Å². The van der Waals surface area contributed by atoms with Crippen LogP contribution in [0.3, 0.4) is 0 Å². The summed E-state index contributed by atoms with van der Waals surface area (Å²) in [4.78, 5) is 26.1. The molecule has 1 fully saturated rings. The minimum Gasteiger partial charge on any atom is -0.477 e. The van der Waals surface area contributed by atoms with Gasteiger partial charge in [0.05, 0.1) is 5.56 Å². The van der Waals surface area contributed by atoms with Gasteiger partial charge in [0, 0.05) is 12.2 Å². The molecule has 1 amide bonds. The molecule has 1 saturated carbocycles. The largest absolute Gasteiger partial charge is 0.477 e. The molecule has 2 rings (SSSR count). The Morgan fingerprint density at radius 1 is 1.35 bits per heavy atom. The molecule has 1 aliphatic carbocycles. The Bertz CT molecular complexity index is 554. The number of aryl methyl sites for hydroxylation is 1. The second-order valence-electron chi connectivity index (χ2n) is 6.13. The lowest BCUT2D eigenvalue weighted by atomic mass is 9.92. The van der Waals surface area contributed by atoms with Crippen molar-refractivity contribution < 1.29 is 14.7 Å². The summed E-state index contributed by atoms with van der Waals surface area (Å²) in [7, 11) is 0. The van der Waals surface area contributed by atoms with Crippen LogP contribution in [-0.4, -0.2) is 28.5 Å². The first-order valence-electron chi connectivity index (χ1n) is 6.99. The van der Waals surface area contributed by atoms with Gasteiger partial charge in [0.2, 0.25) is 0 Å². The van der Waals surface area contributed by atoms with E-state index in [1.807, 2.05) is 0 Å². The molecule has 0 radical (unpaired) electrons. The van der Waals surface area contributed by atoms with Crippen LogP contribution in [-0.2, 0) is 0 Å². The lowest BCUT2D eigenvalue weighted by molar-refractivity contribution is 0.0690. The maximum Gasteiger partial charge on any atom is 0.352 e. The van der Waals surface area contributed by atoms with E-state index in [4.69, 9.17) is 5.11 Å². The van der Waals surface area contributed by atoms with E-state index in [0.717, 1.165) is 12.8 Å². The van der Waals surface area contributed by atoms with Crippen molar-refractivity contribution in [1.82, 2.24) is 10.3 Å². The SMILES string of the molecule is Cc1[nH]c(C(=O)O)c(C)c1C(=O)NCC1(C(C)C)CC1. The molecular weight excluding hydrogens is 256 g/mol. The van der Waals surface area contributed by atoms with Gasteiger partial charge in [-0.05, 0) is 43.6 Å². The highest BCUT2D eigenvalue weighted by Gasteiger charge is 2.45. The number of hydrogen-bond donors (Lipinski definition) is 3. The Labute approximate surface area is 118 Å². The highest BCUT2D eigenvalue weighted by Crippen LogP contribution is 2.51. The number of amides is 1. The van der Waals surface area contributed by atoms with Crippen LogP contribution < -0.4 is 5.32 Å². The first-order valence-corrected chi connectivity index (χ1v) is 6.99. The predicted molar refractivity (Wildman–Crippen MR) is 76.1 cm³/mol. The molecule has 0 aromatic carbocycles. The highest BCUT2D eigenvalue weighted by molar-refractivity contribution is 6.00. The third kappa shape index (κ3) is 2.44. The molecule has 0 saturated heterocycles. The molecule has 0 bridgehead atoms. The van der Waals surface area contributed by atoms with Crippen molar-refractivity contribution in [2.45, 2.75) is 40.5 Å². The Morgan fingerprint density at radius 2 is 1.95 bits per heavy atom.